The average Bonchev–Trinajstić information content (AvgIpc) is 2.45. The van der Waals surface area contributed by atoms with Gasteiger partial charge >= 0.3 is 0 Å². The smallest absolute Gasteiger partial charge is 0.0236 e. The van der Waals surface area contributed by atoms with Crippen LogP contribution < -0.4 is 0 Å². The first-order valence-electron chi connectivity index (χ1n) is 7.42. The van der Waals surface area contributed by atoms with E-state index in [-0.39, 0.29) is 0 Å². The number of unbranched alkanes of at least 4 members (excludes halogenated alkanes) is 1. The topological polar surface area (TPSA) is 0 Å². The summed E-state index contributed by atoms with van der Waals surface area (Å²) in [6.07, 6.45) is 6.08. The molecule has 0 heterocycles. The molecule has 0 unspecified atom stereocenters. The second-order valence-electron chi connectivity index (χ2n) is 5.36. The maximum absolute atomic E-state index is 2.29. The molecule has 0 fully saturated rings. The van der Waals surface area contributed by atoms with E-state index in [1.807, 2.05) is 0 Å². The van der Waals surface area contributed by atoms with E-state index in [1.165, 1.54) is 41.5 Å². The molecule has 0 bridgehead atoms. The third-order valence-corrected chi connectivity index (χ3v) is 3.72. The van der Waals surface area contributed by atoms with Crippen molar-refractivity contribution in [1.82, 2.24) is 0 Å². The van der Waals surface area contributed by atoms with Gasteiger partial charge in [-0.1, -0.05) is 67.4 Å². The van der Waals surface area contributed by atoms with Crippen LogP contribution in [-0.4, -0.2) is 0 Å². The first kappa shape index (κ1) is 13.9. The molecule has 0 amide bonds. The van der Waals surface area contributed by atoms with Gasteiger partial charge in [0.05, 0.1) is 0 Å². The Morgan fingerprint density at radius 1 is 0.737 bits per heavy atom. The van der Waals surface area contributed by atoms with E-state index in [0.717, 1.165) is 12.8 Å². The zero-order chi connectivity index (χ0) is 13.5. The van der Waals surface area contributed by atoms with E-state index in [4.69, 9.17) is 0 Å². The van der Waals surface area contributed by atoms with Crippen LogP contribution in [0.25, 0.3) is 0 Å². The Labute approximate surface area is 117 Å². The minimum absolute atomic E-state index is 1.14. The zero-order valence-electron chi connectivity index (χ0n) is 12.2. The Kier molecular flexibility index (Phi) is 5.20. The van der Waals surface area contributed by atoms with Gasteiger partial charge in [-0.2, -0.15) is 0 Å². The highest BCUT2D eigenvalue weighted by molar-refractivity contribution is 5.29. The second kappa shape index (κ2) is 7.13. The van der Waals surface area contributed by atoms with Crippen LogP contribution in [0.15, 0.2) is 48.5 Å². The minimum atomic E-state index is 1.14. The monoisotopic (exact) mass is 252 g/mol. The molecule has 19 heavy (non-hydrogen) atoms. The van der Waals surface area contributed by atoms with Crippen LogP contribution >= 0.6 is 0 Å². The van der Waals surface area contributed by atoms with Gasteiger partial charge in [0.2, 0.25) is 0 Å². The van der Waals surface area contributed by atoms with Crippen molar-refractivity contribution >= 4 is 0 Å². The number of hydrogen-bond donors (Lipinski definition) is 0. The summed E-state index contributed by atoms with van der Waals surface area (Å²) in [4.78, 5) is 0. The Morgan fingerprint density at radius 3 is 2.00 bits per heavy atom. The van der Waals surface area contributed by atoms with Crippen molar-refractivity contribution < 1.29 is 0 Å². The molecule has 0 radical (unpaired) electrons. The van der Waals surface area contributed by atoms with Crippen LogP contribution in [0, 0.1) is 6.92 Å². The van der Waals surface area contributed by atoms with Gasteiger partial charge in [-0.3, -0.25) is 0 Å². The van der Waals surface area contributed by atoms with E-state index >= 15 is 0 Å². The fourth-order valence-corrected chi connectivity index (χ4v) is 2.45. The first-order chi connectivity index (χ1) is 9.29. The fraction of sp³-hybridized carbons (Fsp3) is 0.368. The lowest BCUT2D eigenvalue weighted by Crippen LogP contribution is -1.97. The van der Waals surface area contributed by atoms with Gasteiger partial charge in [0.25, 0.3) is 0 Å². The summed E-state index contributed by atoms with van der Waals surface area (Å²) >= 11 is 0. The van der Waals surface area contributed by atoms with E-state index in [1.54, 1.807) is 0 Å². The van der Waals surface area contributed by atoms with Gasteiger partial charge in [0, 0.05) is 0 Å². The summed E-state index contributed by atoms with van der Waals surface area (Å²) in [5.74, 6) is 0. The highest BCUT2D eigenvalue weighted by atomic mass is 14.1. The van der Waals surface area contributed by atoms with Crippen molar-refractivity contribution in [2.45, 2.75) is 46.0 Å². The molecule has 2 aromatic carbocycles. The molecular formula is C19H24. The summed E-state index contributed by atoms with van der Waals surface area (Å²) in [5, 5.41) is 0. The molecule has 0 heteroatoms. The molecule has 0 spiro atoms. The van der Waals surface area contributed by atoms with Crippen molar-refractivity contribution in [3.8, 4) is 0 Å². The van der Waals surface area contributed by atoms with E-state index in [0.29, 0.717) is 0 Å². The van der Waals surface area contributed by atoms with Gasteiger partial charge in [-0.05, 0) is 49.3 Å². The fourth-order valence-electron chi connectivity index (χ4n) is 2.45. The number of aryl methyl sites for hydroxylation is 4. The lowest BCUT2D eigenvalue weighted by Gasteiger charge is -2.09. The standard InChI is InChI=1S/C19H24/c1-3-4-7-18-8-5-6-9-19(18)15-14-17-12-10-16(2)11-13-17/h5-6,8-13H,3-4,7,14-15H2,1-2H3. The molecule has 100 valence electrons. The van der Waals surface area contributed by atoms with Crippen LogP contribution in [0.1, 0.15) is 42.0 Å². The molecule has 0 aliphatic rings. The molecule has 2 rings (SSSR count). The third kappa shape index (κ3) is 4.24. The number of benzene rings is 2. The van der Waals surface area contributed by atoms with Crippen molar-refractivity contribution in [2.24, 2.45) is 0 Å². The Balaban J connectivity index is 2.00. The largest absolute Gasteiger partial charge is 0.0654 e. The van der Waals surface area contributed by atoms with Gasteiger partial charge in [-0.15, -0.1) is 0 Å². The van der Waals surface area contributed by atoms with Gasteiger partial charge in [0.1, 0.15) is 0 Å². The second-order valence-corrected chi connectivity index (χ2v) is 5.36. The molecule has 0 nitrogen and oxygen atoms in total. The minimum Gasteiger partial charge on any atom is -0.0654 e. The summed E-state index contributed by atoms with van der Waals surface area (Å²) in [5.41, 5.74) is 5.84. The zero-order valence-corrected chi connectivity index (χ0v) is 12.2. The van der Waals surface area contributed by atoms with Gasteiger partial charge in [0.15, 0.2) is 0 Å². The quantitative estimate of drug-likeness (QED) is 0.669. The molecule has 0 aliphatic heterocycles. The van der Waals surface area contributed by atoms with Crippen molar-refractivity contribution in [2.75, 3.05) is 0 Å². The maximum Gasteiger partial charge on any atom is -0.0236 e. The highest BCUT2D eigenvalue weighted by Gasteiger charge is 2.02. The van der Waals surface area contributed by atoms with E-state index in [2.05, 4.69) is 62.4 Å². The summed E-state index contributed by atoms with van der Waals surface area (Å²) in [6.45, 7) is 4.40. The lowest BCUT2D eigenvalue weighted by atomic mass is 9.96. The van der Waals surface area contributed by atoms with E-state index in [9.17, 15) is 0 Å². The average molecular weight is 252 g/mol. The number of rotatable bonds is 6. The van der Waals surface area contributed by atoms with Crippen LogP contribution in [0.5, 0.6) is 0 Å². The van der Waals surface area contributed by atoms with Crippen LogP contribution in [0.4, 0.5) is 0 Å². The molecule has 0 N–H and O–H groups in total. The van der Waals surface area contributed by atoms with Crippen molar-refractivity contribution in [3.63, 3.8) is 0 Å². The van der Waals surface area contributed by atoms with Gasteiger partial charge < -0.3 is 0 Å². The molecule has 0 atom stereocenters. The van der Waals surface area contributed by atoms with Gasteiger partial charge in [-0.25, -0.2) is 0 Å². The number of hydrogen-bond acceptors (Lipinski definition) is 0. The van der Waals surface area contributed by atoms with Crippen molar-refractivity contribution in [3.05, 3.63) is 70.8 Å². The van der Waals surface area contributed by atoms with Crippen LogP contribution in [-0.2, 0) is 19.3 Å². The maximum atomic E-state index is 2.29. The van der Waals surface area contributed by atoms with Crippen LogP contribution in [0.2, 0.25) is 0 Å². The normalized spacial score (nSPS) is 10.6. The molecule has 0 aliphatic carbocycles. The molecular weight excluding hydrogens is 228 g/mol. The molecule has 2 aromatic rings. The lowest BCUT2D eigenvalue weighted by molar-refractivity contribution is 0.782. The third-order valence-electron chi connectivity index (χ3n) is 3.72. The Bertz CT molecular complexity index is 494. The Morgan fingerprint density at radius 2 is 1.37 bits per heavy atom. The van der Waals surface area contributed by atoms with Crippen molar-refractivity contribution in [1.29, 1.82) is 0 Å². The Hall–Kier alpha value is -1.56. The molecule has 0 aromatic heterocycles. The highest BCUT2D eigenvalue weighted by Crippen LogP contribution is 2.15. The van der Waals surface area contributed by atoms with Crippen LogP contribution in [0.3, 0.4) is 0 Å². The molecule has 0 saturated carbocycles. The predicted octanol–water partition coefficient (Wildman–Crippen LogP) is 5.12. The summed E-state index contributed by atoms with van der Waals surface area (Å²) in [6, 6.07) is 17.8. The summed E-state index contributed by atoms with van der Waals surface area (Å²) in [7, 11) is 0. The summed E-state index contributed by atoms with van der Waals surface area (Å²) < 4.78 is 0. The molecule has 0 saturated heterocycles. The van der Waals surface area contributed by atoms with E-state index < -0.39 is 0 Å². The predicted molar refractivity (Wildman–Crippen MR) is 83.6 cm³/mol. The first-order valence-corrected chi connectivity index (χ1v) is 7.42. The SMILES string of the molecule is CCCCc1ccccc1CCc1ccc(C)cc1.